The van der Waals surface area contributed by atoms with Gasteiger partial charge >= 0.3 is 0 Å². The quantitative estimate of drug-likeness (QED) is 0.898. The Bertz CT molecular complexity index is 511. The molecule has 3 fully saturated rings. The van der Waals surface area contributed by atoms with E-state index in [-0.39, 0.29) is 0 Å². The zero-order valence-corrected chi connectivity index (χ0v) is 15.0. The molecule has 4 rings (SSSR count). The van der Waals surface area contributed by atoms with Crippen LogP contribution >= 0.6 is 0 Å². The van der Waals surface area contributed by atoms with Gasteiger partial charge in [-0.05, 0) is 44.5 Å². The Morgan fingerprint density at radius 3 is 2.50 bits per heavy atom. The fourth-order valence-electron chi connectivity index (χ4n) is 4.37. The van der Waals surface area contributed by atoms with Crippen LogP contribution < -0.4 is 10.2 Å². The molecule has 0 aromatic carbocycles. The van der Waals surface area contributed by atoms with Crippen molar-refractivity contribution in [2.45, 2.75) is 25.8 Å². The van der Waals surface area contributed by atoms with Crippen molar-refractivity contribution in [2.24, 2.45) is 5.92 Å². The molecular formula is C19H31N5. The minimum absolute atomic E-state index is 0.818. The summed E-state index contributed by atoms with van der Waals surface area (Å²) in [7, 11) is 0. The van der Waals surface area contributed by atoms with Crippen LogP contribution in [0.2, 0.25) is 0 Å². The van der Waals surface area contributed by atoms with Gasteiger partial charge in [-0.15, -0.1) is 0 Å². The fraction of sp³-hybridized carbons (Fsp3) is 0.737. The molecule has 0 bridgehead atoms. The molecule has 3 aliphatic heterocycles. The van der Waals surface area contributed by atoms with Crippen molar-refractivity contribution < 1.29 is 0 Å². The summed E-state index contributed by atoms with van der Waals surface area (Å²) in [4.78, 5) is 12.4. The van der Waals surface area contributed by atoms with Crippen LogP contribution in [0.5, 0.6) is 0 Å². The average molecular weight is 329 g/mol. The first-order valence-electron chi connectivity index (χ1n) is 9.62. The number of hydrogen-bond acceptors (Lipinski definition) is 5. The number of nitrogens with zero attached hydrogens (tertiary/aromatic N) is 4. The summed E-state index contributed by atoms with van der Waals surface area (Å²) >= 11 is 0. The molecule has 1 aromatic rings. The predicted octanol–water partition coefficient (Wildman–Crippen LogP) is 1.20. The summed E-state index contributed by atoms with van der Waals surface area (Å²) in [5, 5.41) is 3.48. The maximum absolute atomic E-state index is 4.54. The first kappa shape index (κ1) is 16.3. The smallest absolute Gasteiger partial charge is 0.128 e. The van der Waals surface area contributed by atoms with Crippen molar-refractivity contribution in [1.82, 2.24) is 20.1 Å². The van der Waals surface area contributed by atoms with Crippen LogP contribution in [0, 0.1) is 12.8 Å². The molecule has 5 nitrogen and oxygen atoms in total. The van der Waals surface area contributed by atoms with E-state index >= 15 is 0 Å². The molecule has 0 atom stereocenters. The molecule has 1 N–H and O–H groups in total. The number of aromatic nitrogens is 1. The van der Waals surface area contributed by atoms with Gasteiger partial charge in [-0.1, -0.05) is 6.07 Å². The molecule has 132 valence electrons. The highest BCUT2D eigenvalue weighted by Crippen LogP contribution is 2.24. The van der Waals surface area contributed by atoms with Gasteiger partial charge in [0.1, 0.15) is 5.82 Å². The van der Waals surface area contributed by atoms with Crippen molar-refractivity contribution in [3.05, 3.63) is 23.9 Å². The molecule has 5 heteroatoms. The molecule has 24 heavy (non-hydrogen) atoms. The van der Waals surface area contributed by atoms with Gasteiger partial charge in [-0.25, -0.2) is 4.98 Å². The number of piperazine rings is 1. The molecule has 0 spiro atoms. The second-order valence-corrected chi connectivity index (χ2v) is 7.78. The van der Waals surface area contributed by atoms with Crippen molar-refractivity contribution >= 4 is 5.82 Å². The van der Waals surface area contributed by atoms with E-state index < -0.39 is 0 Å². The first-order chi connectivity index (χ1) is 11.8. The fourth-order valence-corrected chi connectivity index (χ4v) is 4.37. The predicted molar refractivity (Wildman–Crippen MR) is 98.6 cm³/mol. The molecule has 3 aliphatic rings. The lowest BCUT2D eigenvalue weighted by atomic mass is 9.98. The molecule has 0 amide bonds. The van der Waals surface area contributed by atoms with Crippen LogP contribution in [0.25, 0.3) is 0 Å². The van der Waals surface area contributed by atoms with Gasteiger partial charge in [0.05, 0.1) is 0 Å². The third-order valence-electron chi connectivity index (χ3n) is 5.93. The monoisotopic (exact) mass is 329 g/mol. The van der Waals surface area contributed by atoms with Crippen LogP contribution in [0.4, 0.5) is 5.82 Å². The number of pyridine rings is 1. The lowest BCUT2D eigenvalue weighted by Crippen LogP contribution is -2.57. The van der Waals surface area contributed by atoms with Gasteiger partial charge in [0.15, 0.2) is 0 Å². The normalized spacial score (nSPS) is 25.0. The number of hydrogen-bond donors (Lipinski definition) is 1. The van der Waals surface area contributed by atoms with Crippen LogP contribution in [-0.2, 0) is 0 Å². The molecule has 0 saturated carbocycles. The minimum atomic E-state index is 0.818. The summed E-state index contributed by atoms with van der Waals surface area (Å²) in [6, 6.07) is 5.15. The maximum atomic E-state index is 4.54. The second kappa shape index (κ2) is 7.38. The Balaban J connectivity index is 1.18. The van der Waals surface area contributed by atoms with E-state index in [0.29, 0.717) is 0 Å². The Morgan fingerprint density at radius 2 is 1.83 bits per heavy atom. The van der Waals surface area contributed by atoms with Crippen molar-refractivity contribution in [3.8, 4) is 0 Å². The topological polar surface area (TPSA) is 34.6 Å². The Morgan fingerprint density at radius 1 is 1.08 bits per heavy atom. The molecule has 0 aliphatic carbocycles. The Kier molecular flexibility index (Phi) is 5.01. The first-order valence-corrected chi connectivity index (χ1v) is 9.62. The molecule has 4 heterocycles. The van der Waals surface area contributed by atoms with Gasteiger partial charge in [0, 0.05) is 64.0 Å². The highest BCUT2D eigenvalue weighted by molar-refractivity contribution is 5.42. The highest BCUT2D eigenvalue weighted by atomic mass is 15.3. The Hall–Kier alpha value is -1.17. The van der Waals surface area contributed by atoms with E-state index in [1.807, 2.05) is 6.20 Å². The largest absolute Gasteiger partial charge is 0.356 e. The van der Waals surface area contributed by atoms with Gasteiger partial charge in [-0.3, -0.25) is 4.90 Å². The molecule has 1 aromatic heterocycles. The molecule has 0 unspecified atom stereocenters. The van der Waals surface area contributed by atoms with E-state index in [1.165, 1.54) is 77.3 Å². The van der Waals surface area contributed by atoms with E-state index in [2.05, 4.69) is 44.1 Å². The van der Waals surface area contributed by atoms with E-state index in [4.69, 9.17) is 0 Å². The van der Waals surface area contributed by atoms with Gasteiger partial charge in [-0.2, -0.15) is 0 Å². The number of aryl methyl sites for hydroxylation is 1. The molecule has 0 radical (unpaired) electrons. The average Bonchev–Trinajstić information content (AvgIpc) is 2.60. The van der Waals surface area contributed by atoms with Crippen LogP contribution in [-0.4, -0.2) is 79.7 Å². The third-order valence-corrected chi connectivity index (χ3v) is 5.93. The minimum Gasteiger partial charge on any atom is -0.356 e. The number of nitrogens with one attached hydrogen (secondary N) is 1. The van der Waals surface area contributed by atoms with Crippen molar-refractivity contribution in [3.63, 3.8) is 0 Å². The van der Waals surface area contributed by atoms with E-state index in [1.54, 1.807) is 0 Å². The summed E-state index contributed by atoms with van der Waals surface area (Å²) in [6.07, 6.45) is 4.64. The molecule has 3 saturated heterocycles. The summed E-state index contributed by atoms with van der Waals surface area (Å²) in [6.45, 7) is 13.1. The van der Waals surface area contributed by atoms with E-state index in [9.17, 15) is 0 Å². The number of piperidine rings is 1. The summed E-state index contributed by atoms with van der Waals surface area (Å²) < 4.78 is 0. The SMILES string of the molecule is Cc1ccc(N2CC(CN3CCN(C4CCNCC4)CC3)C2)nc1. The Labute approximate surface area is 146 Å². The van der Waals surface area contributed by atoms with Gasteiger partial charge in [0.2, 0.25) is 0 Å². The highest BCUT2D eigenvalue weighted by Gasteiger charge is 2.31. The van der Waals surface area contributed by atoms with Crippen LogP contribution in [0.3, 0.4) is 0 Å². The number of anilines is 1. The zero-order chi connectivity index (χ0) is 16.4. The van der Waals surface area contributed by atoms with Crippen molar-refractivity contribution in [1.29, 1.82) is 0 Å². The summed E-state index contributed by atoms with van der Waals surface area (Å²) in [5.74, 6) is 1.96. The standard InChI is InChI=1S/C19H31N5/c1-16-2-3-19(21-12-16)24-14-17(15-24)13-22-8-10-23(11-9-22)18-4-6-20-7-5-18/h2-3,12,17-18,20H,4-11,13-15H2,1H3. The maximum Gasteiger partial charge on any atom is 0.128 e. The zero-order valence-electron chi connectivity index (χ0n) is 15.0. The lowest BCUT2D eigenvalue weighted by molar-refractivity contribution is 0.0707. The second-order valence-electron chi connectivity index (χ2n) is 7.78. The van der Waals surface area contributed by atoms with Gasteiger partial charge in [0.25, 0.3) is 0 Å². The third kappa shape index (κ3) is 3.73. The van der Waals surface area contributed by atoms with E-state index in [0.717, 1.165) is 17.8 Å². The van der Waals surface area contributed by atoms with Crippen molar-refractivity contribution in [2.75, 3.05) is 63.8 Å². The van der Waals surface area contributed by atoms with Gasteiger partial charge < -0.3 is 15.1 Å². The number of rotatable bonds is 4. The lowest BCUT2D eigenvalue weighted by Gasteiger charge is -2.45. The van der Waals surface area contributed by atoms with Crippen LogP contribution in [0.1, 0.15) is 18.4 Å². The summed E-state index contributed by atoms with van der Waals surface area (Å²) in [5.41, 5.74) is 1.24. The molecular weight excluding hydrogens is 298 g/mol. The van der Waals surface area contributed by atoms with Crippen LogP contribution in [0.15, 0.2) is 18.3 Å².